The third-order valence-corrected chi connectivity index (χ3v) is 6.91. The van der Waals surface area contributed by atoms with Gasteiger partial charge in [0.25, 0.3) is 11.8 Å². The van der Waals surface area contributed by atoms with Crippen molar-refractivity contribution in [2.75, 3.05) is 5.32 Å². The van der Waals surface area contributed by atoms with Gasteiger partial charge in [0.05, 0.1) is 11.4 Å². The van der Waals surface area contributed by atoms with Crippen molar-refractivity contribution in [1.29, 1.82) is 0 Å². The first-order chi connectivity index (χ1) is 14.7. The molecule has 1 aromatic heterocycles. The number of hydrogen-bond acceptors (Lipinski definition) is 4. The second-order valence-corrected chi connectivity index (χ2v) is 8.43. The number of imidazole rings is 1. The summed E-state index contributed by atoms with van der Waals surface area (Å²) in [7, 11) is 0. The van der Waals surface area contributed by atoms with E-state index in [4.69, 9.17) is 4.98 Å². The molecule has 1 amide bonds. The quantitative estimate of drug-likeness (QED) is 0.483. The molecule has 1 N–H and O–H groups in total. The molecule has 0 unspecified atom stereocenters. The van der Waals surface area contributed by atoms with E-state index in [1.807, 2.05) is 84.9 Å². The summed E-state index contributed by atoms with van der Waals surface area (Å²) in [5.41, 5.74) is 4.63. The van der Waals surface area contributed by atoms with Gasteiger partial charge in [0.2, 0.25) is 4.75 Å². The molecule has 0 saturated heterocycles. The number of para-hydroxylation sites is 1. The first-order valence-corrected chi connectivity index (χ1v) is 10.4. The van der Waals surface area contributed by atoms with Crippen LogP contribution in [0.15, 0.2) is 90.1 Å². The van der Waals surface area contributed by atoms with Crippen LogP contribution >= 0.6 is 11.8 Å². The van der Waals surface area contributed by atoms with E-state index in [2.05, 4.69) is 5.32 Å². The maximum atomic E-state index is 13.9. The number of hydrogen-bond donors (Lipinski definition) is 1. The average Bonchev–Trinajstić information content (AvgIpc) is 3.40. The summed E-state index contributed by atoms with van der Waals surface area (Å²) in [6.07, 6.45) is 0. The molecule has 1 spiro atoms. The highest BCUT2D eigenvalue weighted by Crippen LogP contribution is 2.55. The molecule has 144 valence electrons. The van der Waals surface area contributed by atoms with Gasteiger partial charge in [-0.2, -0.15) is 0 Å². The Kier molecular flexibility index (Phi) is 3.55. The summed E-state index contributed by atoms with van der Waals surface area (Å²) in [6, 6.07) is 26.9. The molecule has 4 aromatic rings. The van der Waals surface area contributed by atoms with Gasteiger partial charge in [-0.1, -0.05) is 90.6 Å². The Labute approximate surface area is 176 Å². The zero-order chi connectivity index (χ0) is 20.3. The van der Waals surface area contributed by atoms with Gasteiger partial charge in [0, 0.05) is 22.4 Å². The van der Waals surface area contributed by atoms with Crippen molar-refractivity contribution < 1.29 is 9.59 Å². The maximum Gasteiger partial charge on any atom is 0.264 e. The molecule has 0 bridgehead atoms. The number of nitrogens with zero attached hydrogens (tertiary/aromatic N) is 2. The monoisotopic (exact) mass is 409 g/mol. The van der Waals surface area contributed by atoms with E-state index in [1.54, 1.807) is 4.57 Å². The van der Waals surface area contributed by atoms with E-state index in [1.165, 1.54) is 11.8 Å². The van der Waals surface area contributed by atoms with Gasteiger partial charge in [-0.25, -0.2) is 4.98 Å². The van der Waals surface area contributed by atoms with E-state index in [-0.39, 0.29) is 11.8 Å². The molecular weight excluding hydrogens is 394 g/mol. The van der Waals surface area contributed by atoms with Crippen LogP contribution in [0.3, 0.4) is 0 Å². The van der Waals surface area contributed by atoms with Crippen LogP contribution in [0, 0.1) is 0 Å². The minimum absolute atomic E-state index is 0.279. The smallest absolute Gasteiger partial charge is 0.264 e. The predicted molar refractivity (Wildman–Crippen MR) is 116 cm³/mol. The number of fused-ring (bicyclic) bond motifs is 3. The Morgan fingerprint density at radius 2 is 1.43 bits per heavy atom. The number of benzene rings is 3. The third-order valence-electron chi connectivity index (χ3n) is 5.56. The fourth-order valence-electron chi connectivity index (χ4n) is 4.20. The van der Waals surface area contributed by atoms with E-state index >= 15 is 0 Å². The van der Waals surface area contributed by atoms with E-state index < -0.39 is 4.75 Å². The molecule has 3 heterocycles. The molecule has 2 aliphatic heterocycles. The van der Waals surface area contributed by atoms with Gasteiger partial charge in [0.15, 0.2) is 5.16 Å². The molecule has 30 heavy (non-hydrogen) atoms. The Hall–Kier alpha value is -3.64. The largest absolute Gasteiger partial charge is 0.324 e. The molecule has 2 aliphatic rings. The SMILES string of the molecule is O=C1Nc2ccccc2[C@]12Sc1nc(-c3ccccc3)c(-c3ccccc3)n1C2=O. The van der Waals surface area contributed by atoms with Crippen LogP contribution < -0.4 is 5.32 Å². The molecule has 0 saturated carbocycles. The Morgan fingerprint density at radius 3 is 2.17 bits per heavy atom. The predicted octanol–water partition coefficient (Wildman–Crippen LogP) is 4.81. The number of nitrogens with one attached hydrogen (secondary N) is 1. The van der Waals surface area contributed by atoms with Crippen molar-refractivity contribution in [3.05, 3.63) is 90.5 Å². The molecule has 0 fully saturated rings. The number of amides is 1. The van der Waals surface area contributed by atoms with E-state index in [9.17, 15) is 9.59 Å². The molecule has 1 atom stereocenters. The minimum atomic E-state index is -1.34. The Balaban J connectivity index is 1.61. The first kappa shape index (κ1) is 17.2. The highest BCUT2D eigenvalue weighted by atomic mass is 32.2. The van der Waals surface area contributed by atoms with Crippen LogP contribution in [0.2, 0.25) is 0 Å². The molecule has 6 rings (SSSR count). The lowest BCUT2D eigenvalue weighted by Crippen LogP contribution is -2.38. The van der Waals surface area contributed by atoms with Gasteiger partial charge in [-0.3, -0.25) is 14.2 Å². The minimum Gasteiger partial charge on any atom is -0.324 e. The lowest BCUT2D eigenvalue weighted by atomic mass is 9.97. The Morgan fingerprint density at radius 1 is 0.800 bits per heavy atom. The van der Waals surface area contributed by atoms with Gasteiger partial charge in [-0.05, 0) is 6.07 Å². The van der Waals surface area contributed by atoms with Crippen LogP contribution in [0.1, 0.15) is 10.4 Å². The highest BCUT2D eigenvalue weighted by molar-refractivity contribution is 8.02. The second-order valence-electron chi connectivity index (χ2n) is 7.25. The second kappa shape index (κ2) is 6.18. The number of anilines is 1. The summed E-state index contributed by atoms with van der Waals surface area (Å²) in [4.78, 5) is 31.8. The zero-order valence-electron chi connectivity index (χ0n) is 15.7. The van der Waals surface area contributed by atoms with Gasteiger partial charge < -0.3 is 5.32 Å². The fraction of sp³-hybridized carbons (Fsp3) is 0.0417. The highest BCUT2D eigenvalue weighted by Gasteiger charge is 2.60. The molecule has 5 nitrogen and oxygen atoms in total. The fourth-order valence-corrected chi connectivity index (χ4v) is 5.49. The zero-order valence-corrected chi connectivity index (χ0v) is 16.5. The van der Waals surface area contributed by atoms with Gasteiger partial charge in [-0.15, -0.1) is 0 Å². The maximum absolute atomic E-state index is 13.9. The first-order valence-electron chi connectivity index (χ1n) is 9.58. The van der Waals surface area contributed by atoms with E-state index in [0.717, 1.165) is 16.8 Å². The van der Waals surface area contributed by atoms with E-state index in [0.29, 0.717) is 22.1 Å². The van der Waals surface area contributed by atoms with Crippen molar-refractivity contribution in [3.8, 4) is 22.5 Å². The van der Waals surface area contributed by atoms with Gasteiger partial charge in [0.1, 0.15) is 0 Å². The summed E-state index contributed by atoms with van der Waals surface area (Å²) >= 11 is 1.22. The van der Waals surface area contributed by atoms with Crippen LogP contribution in [0.5, 0.6) is 0 Å². The van der Waals surface area contributed by atoms with Crippen LogP contribution in [-0.4, -0.2) is 21.4 Å². The van der Waals surface area contributed by atoms with Crippen LogP contribution in [-0.2, 0) is 9.54 Å². The topological polar surface area (TPSA) is 64.0 Å². The number of carbonyl (C=O) groups excluding carboxylic acids is 2. The lowest BCUT2D eigenvalue weighted by molar-refractivity contribution is -0.117. The molecule has 0 radical (unpaired) electrons. The van der Waals surface area contributed by atoms with Crippen molar-refractivity contribution in [2.45, 2.75) is 9.90 Å². The third kappa shape index (κ3) is 2.16. The summed E-state index contributed by atoms with van der Waals surface area (Å²) in [5, 5.41) is 3.40. The molecular formula is C24H15N3O2S. The lowest BCUT2D eigenvalue weighted by Gasteiger charge is -2.18. The summed E-state index contributed by atoms with van der Waals surface area (Å²) in [5.74, 6) is -0.594. The van der Waals surface area contributed by atoms with Crippen molar-refractivity contribution in [2.24, 2.45) is 0 Å². The van der Waals surface area contributed by atoms with Crippen LogP contribution in [0.4, 0.5) is 5.69 Å². The average molecular weight is 409 g/mol. The molecule has 0 aliphatic carbocycles. The normalized spacial score (nSPS) is 19.1. The molecule has 3 aromatic carbocycles. The number of thioether (sulfide) groups is 1. The van der Waals surface area contributed by atoms with Crippen molar-refractivity contribution in [3.63, 3.8) is 0 Å². The summed E-state index contributed by atoms with van der Waals surface area (Å²) in [6.45, 7) is 0. The standard InChI is InChI=1S/C24H15N3O2S/c28-21-24(17-13-7-8-14-18(17)25-21)22(29)27-20(16-11-5-2-6-12-16)19(26-23(27)30-24)15-9-3-1-4-10-15/h1-14H,(H,25,28)/t24-/m0/s1. The van der Waals surface area contributed by atoms with Gasteiger partial charge >= 0.3 is 0 Å². The number of carbonyl (C=O) groups is 2. The Bertz CT molecular complexity index is 1330. The summed E-state index contributed by atoms with van der Waals surface area (Å²) < 4.78 is 0.279. The van der Waals surface area contributed by atoms with Crippen LogP contribution in [0.25, 0.3) is 22.5 Å². The number of rotatable bonds is 2. The van der Waals surface area contributed by atoms with Crippen molar-refractivity contribution >= 4 is 29.3 Å². The number of aromatic nitrogens is 2. The van der Waals surface area contributed by atoms with Crippen molar-refractivity contribution in [1.82, 2.24) is 9.55 Å². The molecule has 6 heteroatoms.